The van der Waals surface area contributed by atoms with E-state index in [0.29, 0.717) is 10.6 Å². The van der Waals surface area contributed by atoms with Crippen LogP contribution in [0, 0.1) is 0 Å². The topological polar surface area (TPSA) is 92.5 Å². The molecule has 0 saturated carbocycles. The Morgan fingerprint density at radius 1 is 1.47 bits per heavy atom. The van der Waals surface area contributed by atoms with Crippen molar-refractivity contribution in [2.75, 3.05) is 18.6 Å². The molecule has 2 aromatic rings. The fraction of sp³-hybridized carbons (Fsp3) is 0.167. The molecular weight excluding hydrogens is 286 g/mol. The molecule has 1 heterocycles. The first-order valence-electron chi connectivity index (χ1n) is 5.26. The number of anilines is 1. The van der Waals surface area contributed by atoms with Crippen molar-refractivity contribution < 1.29 is 19.4 Å². The van der Waals surface area contributed by atoms with Crippen molar-refractivity contribution >= 4 is 50.8 Å². The summed E-state index contributed by atoms with van der Waals surface area (Å²) in [5.41, 5.74) is 6.28. The van der Waals surface area contributed by atoms with Crippen LogP contribution in [0.4, 0.5) is 5.69 Å². The summed E-state index contributed by atoms with van der Waals surface area (Å²) in [6.45, 7) is 0. The van der Waals surface area contributed by atoms with Gasteiger partial charge in [-0.1, -0.05) is 6.07 Å². The Morgan fingerprint density at radius 3 is 2.84 bits per heavy atom. The minimum absolute atomic E-state index is 0.115. The number of carbonyl (C=O) groups excluding carboxylic acids is 2. The minimum atomic E-state index is -1.12. The summed E-state index contributed by atoms with van der Waals surface area (Å²) in [5.74, 6) is -1.70. The second-order valence-corrected chi connectivity index (χ2v) is 5.76. The monoisotopic (exact) mass is 296 g/mol. The lowest BCUT2D eigenvalue weighted by molar-refractivity contribution is -0.301. The number of ether oxygens (including phenoxy) is 1. The Bertz CT molecular complexity index is 650. The van der Waals surface area contributed by atoms with Crippen LogP contribution in [0.1, 0.15) is 9.67 Å². The Kier molecular flexibility index (Phi) is 3.96. The van der Waals surface area contributed by atoms with Gasteiger partial charge in [-0.3, -0.25) is 0 Å². The Hall–Kier alpha value is -1.73. The minimum Gasteiger partial charge on any atom is -0.549 e. The van der Waals surface area contributed by atoms with Gasteiger partial charge < -0.3 is 20.4 Å². The zero-order valence-corrected chi connectivity index (χ0v) is 11.6. The number of esters is 1. The molecule has 0 amide bonds. The van der Waals surface area contributed by atoms with Gasteiger partial charge in [-0.15, -0.1) is 23.1 Å². The highest BCUT2D eigenvalue weighted by Crippen LogP contribution is 2.36. The van der Waals surface area contributed by atoms with E-state index >= 15 is 0 Å². The van der Waals surface area contributed by atoms with E-state index in [2.05, 4.69) is 4.74 Å². The van der Waals surface area contributed by atoms with Crippen LogP contribution < -0.4 is 10.8 Å². The lowest BCUT2D eigenvalue weighted by Gasteiger charge is -2.02. The van der Waals surface area contributed by atoms with Crippen LogP contribution in [0.15, 0.2) is 23.1 Å². The maximum atomic E-state index is 11.5. The number of rotatable bonds is 4. The Labute approximate surface area is 117 Å². The summed E-state index contributed by atoms with van der Waals surface area (Å²) in [7, 11) is 1.30. The van der Waals surface area contributed by atoms with E-state index in [9.17, 15) is 14.7 Å². The average molecular weight is 296 g/mol. The maximum absolute atomic E-state index is 11.5. The lowest BCUT2D eigenvalue weighted by atomic mass is 10.2. The molecule has 0 aliphatic rings. The highest BCUT2D eigenvalue weighted by molar-refractivity contribution is 8.00. The SMILES string of the molecule is COC(=O)c1sc2cc(SCC(=O)[O-])ccc2c1N. The molecule has 1 aromatic heterocycles. The number of nitrogens with two attached hydrogens (primary N) is 1. The summed E-state index contributed by atoms with van der Waals surface area (Å²) < 4.78 is 5.48. The molecule has 0 radical (unpaired) electrons. The second kappa shape index (κ2) is 5.50. The molecule has 100 valence electrons. The number of aliphatic carboxylic acids is 1. The van der Waals surface area contributed by atoms with Gasteiger partial charge in [0.05, 0.1) is 18.8 Å². The molecule has 0 saturated heterocycles. The van der Waals surface area contributed by atoms with Crippen LogP contribution in [0.3, 0.4) is 0 Å². The highest BCUT2D eigenvalue weighted by atomic mass is 32.2. The number of nitrogen functional groups attached to an aromatic ring is 1. The number of carboxylic acids is 1. The summed E-state index contributed by atoms with van der Waals surface area (Å²) in [6.07, 6.45) is 0. The van der Waals surface area contributed by atoms with E-state index in [1.807, 2.05) is 0 Å². The first kappa shape index (κ1) is 13.7. The second-order valence-electron chi connectivity index (χ2n) is 3.66. The number of thiophene rings is 1. The van der Waals surface area contributed by atoms with E-state index in [1.165, 1.54) is 18.4 Å². The Balaban J connectivity index is 2.38. The van der Waals surface area contributed by atoms with E-state index < -0.39 is 11.9 Å². The third-order valence-corrected chi connectivity index (χ3v) is 4.54. The number of hydrogen-bond acceptors (Lipinski definition) is 7. The van der Waals surface area contributed by atoms with Gasteiger partial charge in [-0.25, -0.2) is 4.79 Å². The summed E-state index contributed by atoms with van der Waals surface area (Å²) in [6, 6.07) is 5.34. The molecular formula is C12H10NO4S2-. The quantitative estimate of drug-likeness (QED) is 0.671. The smallest absolute Gasteiger partial charge is 0.350 e. The molecule has 0 aliphatic heterocycles. The van der Waals surface area contributed by atoms with Crippen molar-refractivity contribution in [1.29, 1.82) is 0 Å². The molecule has 0 atom stereocenters. The first-order valence-corrected chi connectivity index (χ1v) is 7.06. The van der Waals surface area contributed by atoms with Gasteiger partial charge in [-0.2, -0.15) is 0 Å². The van der Waals surface area contributed by atoms with Crippen molar-refractivity contribution in [1.82, 2.24) is 0 Å². The molecule has 0 bridgehead atoms. The fourth-order valence-electron chi connectivity index (χ4n) is 1.57. The number of fused-ring (bicyclic) bond motifs is 1. The van der Waals surface area contributed by atoms with Crippen LogP contribution in [-0.4, -0.2) is 24.8 Å². The molecule has 1 aromatic carbocycles. The van der Waals surface area contributed by atoms with Crippen LogP contribution in [-0.2, 0) is 9.53 Å². The first-order chi connectivity index (χ1) is 9.02. The molecule has 19 heavy (non-hydrogen) atoms. The number of benzene rings is 1. The van der Waals surface area contributed by atoms with E-state index in [1.54, 1.807) is 18.2 Å². The third kappa shape index (κ3) is 2.82. The molecule has 0 spiro atoms. The van der Waals surface area contributed by atoms with Gasteiger partial charge >= 0.3 is 5.97 Å². The number of hydrogen-bond donors (Lipinski definition) is 1. The largest absolute Gasteiger partial charge is 0.549 e. The predicted molar refractivity (Wildman–Crippen MR) is 73.3 cm³/mol. The van der Waals surface area contributed by atoms with E-state index in [-0.39, 0.29) is 5.75 Å². The normalized spacial score (nSPS) is 10.6. The molecule has 0 fully saturated rings. The van der Waals surface area contributed by atoms with Crippen molar-refractivity contribution in [3.8, 4) is 0 Å². The fourth-order valence-corrected chi connectivity index (χ4v) is 3.38. The number of carboxylic acid groups (broad SMARTS) is 1. The number of thioether (sulfide) groups is 1. The predicted octanol–water partition coefficient (Wildman–Crippen LogP) is 1.11. The third-order valence-electron chi connectivity index (χ3n) is 2.43. The van der Waals surface area contributed by atoms with Gasteiger partial charge in [0.15, 0.2) is 0 Å². The van der Waals surface area contributed by atoms with Gasteiger partial charge in [-0.05, 0) is 12.1 Å². The van der Waals surface area contributed by atoms with Crippen molar-refractivity contribution in [3.63, 3.8) is 0 Å². The molecule has 0 aliphatic carbocycles. The van der Waals surface area contributed by atoms with Crippen molar-refractivity contribution in [3.05, 3.63) is 23.1 Å². The van der Waals surface area contributed by atoms with E-state index in [4.69, 9.17) is 5.73 Å². The summed E-state index contributed by atoms with van der Waals surface area (Å²) in [4.78, 5) is 23.1. The van der Waals surface area contributed by atoms with Crippen LogP contribution in [0.2, 0.25) is 0 Å². The number of methoxy groups -OCH3 is 1. The standard InChI is InChI=1S/C12H11NO4S2/c1-17-12(16)11-10(13)7-3-2-6(4-8(7)19-11)18-5-9(14)15/h2-4H,5,13H2,1H3,(H,14,15)/p-1. The molecule has 7 heteroatoms. The van der Waals surface area contributed by atoms with Crippen LogP contribution >= 0.6 is 23.1 Å². The van der Waals surface area contributed by atoms with E-state index in [0.717, 1.165) is 26.7 Å². The summed E-state index contributed by atoms with van der Waals surface area (Å²) >= 11 is 2.39. The van der Waals surface area contributed by atoms with Crippen molar-refractivity contribution in [2.45, 2.75) is 4.90 Å². The average Bonchev–Trinajstić information content (AvgIpc) is 2.72. The van der Waals surface area contributed by atoms with Gasteiger partial charge in [0.25, 0.3) is 0 Å². The zero-order chi connectivity index (χ0) is 14.0. The zero-order valence-electron chi connectivity index (χ0n) is 9.97. The maximum Gasteiger partial charge on any atom is 0.350 e. The van der Waals surface area contributed by atoms with Gasteiger partial charge in [0, 0.05) is 20.7 Å². The number of carbonyl (C=O) groups is 2. The molecule has 0 unspecified atom stereocenters. The van der Waals surface area contributed by atoms with Crippen LogP contribution in [0.25, 0.3) is 10.1 Å². The summed E-state index contributed by atoms with van der Waals surface area (Å²) in [5, 5.41) is 11.2. The molecule has 5 nitrogen and oxygen atoms in total. The van der Waals surface area contributed by atoms with Crippen LogP contribution in [0.5, 0.6) is 0 Å². The van der Waals surface area contributed by atoms with Gasteiger partial charge in [0.2, 0.25) is 0 Å². The molecule has 2 rings (SSSR count). The van der Waals surface area contributed by atoms with Gasteiger partial charge in [0.1, 0.15) is 4.88 Å². The van der Waals surface area contributed by atoms with Crippen molar-refractivity contribution in [2.24, 2.45) is 0 Å². The Morgan fingerprint density at radius 2 is 2.21 bits per heavy atom. The lowest BCUT2D eigenvalue weighted by Crippen LogP contribution is -2.24. The molecule has 2 N–H and O–H groups in total. The highest BCUT2D eigenvalue weighted by Gasteiger charge is 2.16.